The van der Waals surface area contributed by atoms with Gasteiger partial charge in [0.25, 0.3) is 5.56 Å². The predicted molar refractivity (Wildman–Crippen MR) is 238 cm³/mol. The van der Waals surface area contributed by atoms with Crippen LogP contribution in [0.4, 0.5) is 43.3 Å². The van der Waals surface area contributed by atoms with Gasteiger partial charge in [0.1, 0.15) is 17.5 Å². The summed E-state index contributed by atoms with van der Waals surface area (Å²) < 4.78 is 42.7. The number of hydrogen-bond acceptors (Lipinski definition) is 10. The first-order valence-electron chi connectivity index (χ1n) is 22.7. The Hall–Kier alpha value is -4.76. The third-order valence-electron chi connectivity index (χ3n) is 14.7. The molecule has 2 aromatic carbocycles. The number of benzene rings is 2. The van der Waals surface area contributed by atoms with Gasteiger partial charge in [0.15, 0.2) is 0 Å². The monoisotopic (exact) mass is 856 g/mol. The molecule has 1 aromatic heterocycles. The van der Waals surface area contributed by atoms with E-state index in [1.54, 1.807) is 36.0 Å². The second-order valence-corrected chi connectivity index (χ2v) is 19.1. The summed E-state index contributed by atoms with van der Waals surface area (Å²) in [5, 5.41) is 0. The van der Waals surface area contributed by atoms with Crippen molar-refractivity contribution >= 4 is 46.3 Å². The van der Waals surface area contributed by atoms with Crippen molar-refractivity contribution < 1.29 is 27.8 Å². The summed E-state index contributed by atoms with van der Waals surface area (Å²) in [7, 11) is 5.49. The number of nitrogens with zero attached hydrogens (tertiary/aromatic N) is 7. The van der Waals surface area contributed by atoms with Crippen LogP contribution in [-0.4, -0.2) is 113 Å². The molecule has 1 saturated carbocycles. The third kappa shape index (κ3) is 7.10. The van der Waals surface area contributed by atoms with E-state index in [0.717, 1.165) is 93.0 Å². The Bertz CT molecular complexity index is 2290. The lowest BCUT2D eigenvalue weighted by Gasteiger charge is -2.39. The second-order valence-electron chi connectivity index (χ2n) is 19.1. The Morgan fingerprint density at radius 2 is 1.10 bits per heavy atom. The molecule has 0 bridgehead atoms. The molecule has 4 fully saturated rings. The summed E-state index contributed by atoms with van der Waals surface area (Å²) in [4.78, 5) is 58.8. The molecule has 4 atom stereocenters. The molecule has 7 aliphatic rings. The molecular formula is C47H62F2N8O5. The van der Waals surface area contributed by atoms with Crippen molar-refractivity contribution in [1.82, 2.24) is 9.97 Å². The Balaban J connectivity index is 0.000000171. The number of anilines is 6. The zero-order valence-electron chi connectivity index (χ0n) is 37.4. The topological polar surface area (TPSA) is 118 Å². The van der Waals surface area contributed by atoms with E-state index in [9.17, 15) is 14.4 Å². The average molecular weight is 857 g/mol. The van der Waals surface area contributed by atoms with Crippen molar-refractivity contribution in [3.63, 3.8) is 0 Å². The number of aromatic nitrogens is 2. The maximum atomic E-state index is 15.9. The van der Waals surface area contributed by atoms with Gasteiger partial charge in [-0.3, -0.25) is 19.4 Å². The van der Waals surface area contributed by atoms with E-state index in [-0.39, 0.29) is 53.4 Å². The summed E-state index contributed by atoms with van der Waals surface area (Å²) in [6, 6.07) is 7.18. The number of likely N-dealkylation sites (N-methyl/N-ethyl adjacent to an activating group) is 2. The molecule has 7 heterocycles. The van der Waals surface area contributed by atoms with Crippen LogP contribution < -0.4 is 35.0 Å². The molecule has 334 valence electrons. The number of amides is 2. The van der Waals surface area contributed by atoms with Crippen molar-refractivity contribution in [2.24, 2.45) is 0 Å². The Kier molecular flexibility index (Phi) is 11.0. The number of morpholine rings is 2. The van der Waals surface area contributed by atoms with Crippen molar-refractivity contribution in [2.45, 2.75) is 121 Å². The molecule has 0 radical (unpaired) electrons. The molecule has 15 heteroatoms. The minimum absolute atomic E-state index is 0.0542. The Morgan fingerprint density at radius 1 is 0.629 bits per heavy atom. The van der Waals surface area contributed by atoms with E-state index in [2.05, 4.69) is 14.8 Å². The number of fused-ring (bicyclic) bond motifs is 5. The Morgan fingerprint density at radius 3 is 1.58 bits per heavy atom. The van der Waals surface area contributed by atoms with Gasteiger partial charge in [-0.2, -0.15) is 4.98 Å². The molecule has 3 aromatic rings. The number of piperidine rings is 1. The van der Waals surface area contributed by atoms with E-state index < -0.39 is 10.8 Å². The summed E-state index contributed by atoms with van der Waals surface area (Å²) in [6.45, 7) is 12.8. The molecule has 2 spiro atoms. The van der Waals surface area contributed by atoms with Crippen LogP contribution in [0.25, 0.3) is 0 Å². The van der Waals surface area contributed by atoms with Crippen LogP contribution in [-0.2, 0) is 36.3 Å². The van der Waals surface area contributed by atoms with Gasteiger partial charge in [-0.25, -0.2) is 8.78 Å². The van der Waals surface area contributed by atoms with E-state index in [1.807, 2.05) is 56.7 Å². The zero-order chi connectivity index (χ0) is 43.8. The summed E-state index contributed by atoms with van der Waals surface area (Å²) in [6.07, 6.45) is 7.59. The van der Waals surface area contributed by atoms with Crippen LogP contribution in [0.15, 0.2) is 29.1 Å². The second kappa shape index (κ2) is 16.1. The van der Waals surface area contributed by atoms with Crippen LogP contribution in [0.5, 0.6) is 0 Å². The fraction of sp³-hybridized carbons (Fsp3) is 0.617. The summed E-state index contributed by atoms with van der Waals surface area (Å²) in [5.41, 5.74) is 3.29. The lowest BCUT2D eigenvalue weighted by atomic mass is 9.70. The number of carbonyl (C=O) groups excluding carboxylic acids is 2. The standard InChI is InChI=1S/C27H35FN6O3.C20H27FN2O2/c1-16-14-34(15-17(2)37-16)18-12-20(28)22-21(13-18)32(4)25(36)27(22)7-10-33(11-8-27)26-29-23-19(24(35)30-26)6-5-9-31(23)3;1-13-11-23(12-14(2)25-13)15-9-16(21)18-17(10-15)22(3)19(24)20(18)7-5-4-6-8-20/h12-13,16-17H,5-11,14-15H2,1-4H3,(H,29,30,35);9-10,13-14H,4-8,11-12H2,1-3H3/t16-,17+;13-,14+. The summed E-state index contributed by atoms with van der Waals surface area (Å²) >= 11 is 0. The molecule has 6 aliphatic heterocycles. The van der Waals surface area contributed by atoms with Crippen molar-refractivity contribution in [3.8, 4) is 0 Å². The van der Waals surface area contributed by atoms with Crippen LogP contribution in [0, 0.1) is 11.6 Å². The number of hydrogen-bond donors (Lipinski definition) is 1. The first-order chi connectivity index (χ1) is 29.6. The van der Waals surface area contributed by atoms with Gasteiger partial charge >= 0.3 is 0 Å². The fourth-order valence-corrected chi connectivity index (χ4v) is 11.8. The first-order valence-corrected chi connectivity index (χ1v) is 22.7. The quantitative estimate of drug-likeness (QED) is 0.335. The number of halogens is 2. The molecule has 13 nitrogen and oxygen atoms in total. The highest BCUT2D eigenvalue weighted by atomic mass is 19.1. The number of nitrogens with one attached hydrogen (secondary N) is 1. The molecule has 0 unspecified atom stereocenters. The highest BCUT2D eigenvalue weighted by Crippen LogP contribution is 2.53. The van der Waals surface area contributed by atoms with Crippen LogP contribution >= 0.6 is 0 Å². The SMILES string of the molecule is C[C@@H]1CN(c2cc(F)c3c(c2)N(C)C(=O)C32CCCCC2)C[C@H](C)O1.C[C@@H]1CN(c2cc(F)c3c(c2)N(C)C(=O)C32CCN(c3nc4c(c(=O)[nH]3)CCCN4C)CC2)C[C@H](C)O1. The number of carbonyl (C=O) groups is 2. The van der Waals surface area contributed by atoms with Crippen LogP contribution in [0.3, 0.4) is 0 Å². The maximum Gasteiger partial charge on any atom is 0.257 e. The summed E-state index contributed by atoms with van der Waals surface area (Å²) in [5.74, 6) is 0.720. The lowest BCUT2D eigenvalue weighted by Crippen LogP contribution is -2.49. The van der Waals surface area contributed by atoms with Crippen molar-refractivity contribution in [3.05, 3.63) is 62.9 Å². The van der Waals surface area contributed by atoms with Crippen LogP contribution in [0.1, 0.15) is 95.8 Å². The molecular weight excluding hydrogens is 795 g/mol. The number of rotatable bonds is 3. The van der Waals surface area contributed by atoms with E-state index in [4.69, 9.17) is 14.5 Å². The van der Waals surface area contributed by atoms with E-state index in [0.29, 0.717) is 61.8 Å². The maximum absolute atomic E-state index is 15.9. The largest absolute Gasteiger partial charge is 0.372 e. The molecule has 3 saturated heterocycles. The highest BCUT2D eigenvalue weighted by Gasteiger charge is 2.54. The highest BCUT2D eigenvalue weighted by molar-refractivity contribution is 6.09. The smallest absolute Gasteiger partial charge is 0.257 e. The van der Waals surface area contributed by atoms with Gasteiger partial charge in [0.05, 0.1) is 52.2 Å². The van der Waals surface area contributed by atoms with Crippen molar-refractivity contribution in [2.75, 3.05) is 96.4 Å². The average Bonchev–Trinajstić information content (AvgIpc) is 3.57. The Labute approximate surface area is 363 Å². The number of H-pyrrole nitrogens is 1. The lowest BCUT2D eigenvalue weighted by molar-refractivity contribution is -0.124. The van der Waals surface area contributed by atoms with Gasteiger partial charge in [-0.1, -0.05) is 19.3 Å². The van der Waals surface area contributed by atoms with Crippen LogP contribution in [0.2, 0.25) is 0 Å². The number of aromatic amines is 1. The van der Waals surface area contributed by atoms with E-state index >= 15 is 8.78 Å². The van der Waals surface area contributed by atoms with Gasteiger partial charge in [-0.05, 0) is 90.5 Å². The molecule has 1 N–H and O–H groups in total. The first kappa shape index (κ1) is 42.5. The third-order valence-corrected chi connectivity index (χ3v) is 14.7. The number of ether oxygens (including phenoxy) is 2. The normalized spacial score (nSPS) is 26.5. The van der Waals surface area contributed by atoms with Gasteiger partial charge < -0.3 is 38.9 Å². The van der Waals surface area contributed by atoms with Gasteiger partial charge in [0, 0.05) is 89.5 Å². The van der Waals surface area contributed by atoms with Crippen molar-refractivity contribution in [1.29, 1.82) is 0 Å². The molecule has 62 heavy (non-hydrogen) atoms. The van der Waals surface area contributed by atoms with Gasteiger partial charge in [0.2, 0.25) is 17.8 Å². The minimum Gasteiger partial charge on any atom is -0.372 e. The molecule has 10 rings (SSSR count). The minimum atomic E-state index is -0.903. The predicted octanol–water partition coefficient (Wildman–Crippen LogP) is 6.04. The zero-order valence-corrected chi connectivity index (χ0v) is 37.4. The van der Waals surface area contributed by atoms with E-state index in [1.165, 1.54) is 0 Å². The van der Waals surface area contributed by atoms with Gasteiger partial charge in [-0.15, -0.1) is 0 Å². The molecule has 1 aliphatic carbocycles. The fourth-order valence-electron chi connectivity index (χ4n) is 11.8. The molecule has 2 amide bonds.